The second kappa shape index (κ2) is 6.11. The Kier molecular flexibility index (Phi) is 4.13. The third-order valence-electron chi connectivity index (χ3n) is 7.26. The Bertz CT molecular complexity index is 710. The van der Waals surface area contributed by atoms with Gasteiger partial charge in [-0.1, -0.05) is 45.4 Å². The summed E-state index contributed by atoms with van der Waals surface area (Å²) in [7, 11) is 0. The van der Waals surface area contributed by atoms with Gasteiger partial charge in [-0.25, -0.2) is 4.79 Å². The first-order valence-electron chi connectivity index (χ1n) is 9.75. The molecule has 2 aliphatic carbocycles. The van der Waals surface area contributed by atoms with E-state index in [0.29, 0.717) is 18.6 Å². The molecule has 4 rings (SSSR count). The predicted octanol–water partition coefficient (Wildman–Crippen LogP) is 4.24. The summed E-state index contributed by atoms with van der Waals surface area (Å²) < 4.78 is 11.5. The molecule has 0 spiro atoms. The summed E-state index contributed by atoms with van der Waals surface area (Å²) in [5, 5.41) is 0. The standard InChI is InChI=1S/C22H28O4/c1-21(2)10-7-11-22(3)16-13-25-20(24)15(16)12-17(18(21)22)26-19(23)14-8-5-4-6-9-14/h4-6,8-9,15-18H,7,10-13H2,1-3H3/t15-,16-,17+,18-,22+/m0/s1. The number of hydrogen-bond donors (Lipinski definition) is 0. The minimum atomic E-state index is -0.288. The van der Waals surface area contributed by atoms with E-state index in [4.69, 9.17) is 9.47 Å². The zero-order valence-electron chi connectivity index (χ0n) is 15.9. The van der Waals surface area contributed by atoms with Crippen molar-refractivity contribution in [2.24, 2.45) is 28.6 Å². The van der Waals surface area contributed by atoms with Gasteiger partial charge in [0.2, 0.25) is 0 Å². The van der Waals surface area contributed by atoms with Crippen LogP contribution in [0.1, 0.15) is 56.8 Å². The second-order valence-corrected chi connectivity index (χ2v) is 9.21. The molecular formula is C22H28O4. The molecule has 0 N–H and O–H groups in total. The molecule has 1 aromatic carbocycles. The molecule has 2 saturated carbocycles. The van der Waals surface area contributed by atoms with Gasteiger partial charge in [0.05, 0.1) is 18.1 Å². The van der Waals surface area contributed by atoms with Gasteiger partial charge in [0.25, 0.3) is 0 Å². The van der Waals surface area contributed by atoms with Crippen LogP contribution in [0.25, 0.3) is 0 Å². The van der Waals surface area contributed by atoms with Gasteiger partial charge in [-0.05, 0) is 42.2 Å². The third kappa shape index (κ3) is 2.65. The highest BCUT2D eigenvalue weighted by Crippen LogP contribution is 2.63. The normalized spacial score (nSPS) is 38.0. The van der Waals surface area contributed by atoms with E-state index in [0.717, 1.165) is 19.3 Å². The first kappa shape index (κ1) is 17.6. The number of rotatable bonds is 2. The monoisotopic (exact) mass is 356 g/mol. The van der Waals surface area contributed by atoms with Gasteiger partial charge in [0, 0.05) is 11.8 Å². The molecule has 0 radical (unpaired) electrons. The molecule has 4 nitrogen and oxygen atoms in total. The summed E-state index contributed by atoms with van der Waals surface area (Å²) in [5.41, 5.74) is 0.614. The SMILES string of the molecule is CC1(C)CCC[C@]2(C)[C@H]3COC(=O)[C@H]3C[C@@H](OC(=O)c3ccccc3)[C@@H]12. The van der Waals surface area contributed by atoms with E-state index in [1.807, 2.05) is 18.2 Å². The van der Waals surface area contributed by atoms with Crippen molar-refractivity contribution >= 4 is 11.9 Å². The fraction of sp³-hybridized carbons (Fsp3) is 0.636. The molecule has 4 heteroatoms. The molecule has 0 amide bonds. The summed E-state index contributed by atoms with van der Waals surface area (Å²) in [6.07, 6.45) is 3.69. The van der Waals surface area contributed by atoms with Gasteiger partial charge in [0.1, 0.15) is 6.10 Å². The van der Waals surface area contributed by atoms with Crippen molar-refractivity contribution in [2.45, 2.75) is 52.6 Å². The molecule has 1 saturated heterocycles. The van der Waals surface area contributed by atoms with Gasteiger partial charge in [0.15, 0.2) is 0 Å². The fourth-order valence-electron chi connectivity index (χ4n) is 6.22. The lowest BCUT2D eigenvalue weighted by molar-refractivity contribution is -0.160. The van der Waals surface area contributed by atoms with Gasteiger partial charge in [-0.3, -0.25) is 4.79 Å². The molecule has 140 valence electrons. The summed E-state index contributed by atoms with van der Waals surface area (Å²) in [5.74, 6) is -0.0555. The number of esters is 2. The van der Waals surface area contributed by atoms with Crippen LogP contribution in [-0.2, 0) is 14.3 Å². The largest absolute Gasteiger partial charge is 0.465 e. The number of benzene rings is 1. The number of carbonyl (C=O) groups excluding carboxylic acids is 2. The molecule has 5 atom stereocenters. The first-order chi connectivity index (χ1) is 12.3. The van der Waals surface area contributed by atoms with Crippen molar-refractivity contribution in [1.29, 1.82) is 0 Å². The van der Waals surface area contributed by atoms with Crippen LogP contribution < -0.4 is 0 Å². The van der Waals surface area contributed by atoms with Crippen LogP contribution in [0.5, 0.6) is 0 Å². The van der Waals surface area contributed by atoms with E-state index in [2.05, 4.69) is 20.8 Å². The van der Waals surface area contributed by atoms with Crippen molar-refractivity contribution < 1.29 is 19.1 Å². The highest BCUT2D eigenvalue weighted by Gasteiger charge is 2.63. The topological polar surface area (TPSA) is 52.6 Å². The third-order valence-corrected chi connectivity index (χ3v) is 7.26. The van der Waals surface area contributed by atoms with Crippen molar-refractivity contribution in [3.8, 4) is 0 Å². The van der Waals surface area contributed by atoms with E-state index in [1.165, 1.54) is 0 Å². The zero-order chi connectivity index (χ0) is 18.5. The molecule has 0 bridgehead atoms. The Morgan fingerprint density at radius 3 is 2.62 bits per heavy atom. The summed E-state index contributed by atoms with van der Waals surface area (Å²) >= 11 is 0. The molecular weight excluding hydrogens is 328 g/mol. The average Bonchev–Trinajstić information content (AvgIpc) is 2.96. The maximum absolute atomic E-state index is 12.7. The summed E-state index contributed by atoms with van der Waals surface area (Å²) in [6.45, 7) is 7.39. The fourth-order valence-corrected chi connectivity index (χ4v) is 6.22. The second-order valence-electron chi connectivity index (χ2n) is 9.21. The summed E-state index contributed by atoms with van der Waals surface area (Å²) in [4.78, 5) is 25.1. The highest BCUT2D eigenvalue weighted by molar-refractivity contribution is 5.89. The highest BCUT2D eigenvalue weighted by atomic mass is 16.6. The first-order valence-corrected chi connectivity index (χ1v) is 9.75. The van der Waals surface area contributed by atoms with E-state index in [-0.39, 0.29) is 46.6 Å². The molecule has 1 heterocycles. The number of ether oxygens (including phenoxy) is 2. The molecule has 0 aromatic heterocycles. The lowest BCUT2D eigenvalue weighted by Crippen LogP contribution is -2.58. The van der Waals surface area contributed by atoms with E-state index < -0.39 is 0 Å². The number of hydrogen-bond acceptors (Lipinski definition) is 4. The minimum absolute atomic E-state index is 0.0293. The van der Waals surface area contributed by atoms with Crippen LogP contribution in [0.4, 0.5) is 0 Å². The van der Waals surface area contributed by atoms with E-state index in [1.54, 1.807) is 12.1 Å². The van der Waals surface area contributed by atoms with Crippen LogP contribution >= 0.6 is 0 Å². The molecule has 26 heavy (non-hydrogen) atoms. The Hall–Kier alpha value is -1.84. The number of cyclic esters (lactones) is 1. The summed E-state index contributed by atoms with van der Waals surface area (Å²) in [6, 6.07) is 9.14. The Labute approximate surface area is 155 Å². The van der Waals surface area contributed by atoms with Crippen LogP contribution in [-0.4, -0.2) is 24.6 Å². The maximum atomic E-state index is 12.7. The minimum Gasteiger partial charge on any atom is -0.465 e. The smallest absolute Gasteiger partial charge is 0.338 e. The zero-order valence-corrected chi connectivity index (χ0v) is 15.9. The Morgan fingerprint density at radius 2 is 1.88 bits per heavy atom. The molecule has 0 unspecified atom stereocenters. The van der Waals surface area contributed by atoms with E-state index >= 15 is 0 Å². The lowest BCUT2D eigenvalue weighted by atomic mass is 9.46. The quantitative estimate of drug-likeness (QED) is 0.744. The molecule has 3 aliphatic rings. The van der Waals surface area contributed by atoms with Crippen LogP contribution in [0.3, 0.4) is 0 Å². The van der Waals surface area contributed by atoms with E-state index in [9.17, 15) is 9.59 Å². The van der Waals surface area contributed by atoms with Crippen molar-refractivity contribution in [2.75, 3.05) is 6.61 Å². The van der Waals surface area contributed by atoms with Crippen molar-refractivity contribution in [3.05, 3.63) is 35.9 Å². The van der Waals surface area contributed by atoms with Gasteiger partial charge in [-0.2, -0.15) is 0 Å². The van der Waals surface area contributed by atoms with Crippen LogP contribution in [0.2, 0.25) is 0 Å². The maximum Gasteiger partial charge on any atom is 0.338 e. The van der Waals surface area contributed by atoms with Crippen LogP contribution in [0.15, 0.2) is 30.3 Å². The lowest BCUT2D eigenvalue weighted by Gasteiger charge is -2.59. The van der Waals surface area contributed by atoms with Gasteiger partial charge in [-0.15, -0.1) is 0 Å². The van der Waals surface area contributed by atoms with Crippen molar-refractivity contribution in [1.82, 2.24) is 0 Å². The van der Waals surface area contributed by atoms with Gasteiger partial charge < -0.3 is 9.47 Å². The van der Waals surface area contributed by atoms with Crippen molar-refractivity contribution in [3.63, 3.8) is 0 Å². The molecule has 1 aliphatic heterocycles. The number of carbonyl (C=O) groups is 2. The predicted molar refractivity (Wildman–Crippen MR) is 97.4 cm³/mol. The number of fused-ring (bicyclic) bond motifs is 3. The van der Waals surface area contributed by atoms with Crippen LogP contribution in [0, 0.1) is 28.6 Å². The Morgan fingerprint density at radius 1 is 1.15 bits per heavy atom. The Balaban J connectivity index is 1.68. The molecule has 1 aromatic rings. The molecule has 3 fully saturated rings. The van der Waals surface area contributed by atoms with Gasteiger partial charge >= 0.3 is 11.9 Å². The average molecular weight is 356 g/mol.